The van der Waals surface area contributed by atoms with Crippen molar-refractivity contribution in [2.75, 3.05) is 50.8 Å². The Morgan fingerprint density at radius 3 is 2.73 bits per heavy atom. The Morgan fingerprint density at radius 2 is 1.94 bits per heavy atom. The summed E-state index contributed by atoms with van der Waals surface area (Å²) in [6.07, 6.45) is 5.26. The number of morpholine rings is 1. The summed E-state index contributed by atoms with van der Waals surface area (Å²) in [5, 5.41) is 4.09. The summed E-state index contributed by atoms with van der Waals surface area (Å²) in [7, 11) is 0. The molecule has 33 heavy (non-hydrogen) atoms. The molecule has 2 aromatic heterocycles. The Morgan fingerprint density at radius 1 is 1.09 bits per heavy atom. The minimum absolute atomic E-state index is 0.111. The predicted octanol–water partition coefficient (Wildman–Crippen LogP) is 3.09. The van der Waals surface area contributed by atoms with Crippen LogP contribution < -0.4 is 10.2 Å². The fourth-order valence-electron chi connectivity index (χ4n) is 4.21. The number of fused-ring (bicyclic) bond motifs is 1. The first-order valence-electron chi connectivity index (χ1n) is 11.9. The standard InChI is InChI=1S/C25H31N5O3/c31-23(26-19-8-9-19)10-13-30(12-4-11-29-14-17-32-18-15-29)25-20-5-1-2-6-21(20)27-24(28-25)22-7-3-16-33-22/h1-3,5-7,16,19H,4,8-15,17-18H2,(H,26,31). The number of hydrogen-bond acceptors (Lipinski definition) is 7. The second-order valence-corrected chi connectivity index (χ2v) is 8.75. The number of anilines is 1. The molecule has 1 N–H and O–H groups in total. The SMILES string of the molecule is O=C(CCN(CCCN1CCOCC1)c1nc(-c2ccco2)nc2ccccc12)NC1CC1. The minimum atomic E-state index is 0.111. The van der Waals surface area contributed by atoms with Crippen LogP contribution in [-0.4, -0.2) is 72.8 Å². The van der Waals surface area contributed by atoms with Crippen molar-refractivity contribution in [1.29, 1.82) is 0 Å². The third kappa shape index (κ3) is 5.69. The number of carbonyl (C=O) groups excluding carboxylic acids is 1. The first-order chi connectivity index (χ1) is 16.3. The van der Waals surface area contributed by atoms with Crippen molar-refractivity contribution < 1.29 is 13.9 Å². The van der Waals surface area contributed by atoms with Crippen LogP contribution in [0.5, 0.6) is 0 Å². The lowest BCUT2D eigenvalue weighted by Gasteiger charge is -2.29. The lowest BCUT2D eigenvalue weighted by Crippen LogP contribution is -2.39. The van der Waals surface area contributed by atoms with Crippen molar-refractivity contribution in [2.24, 2.45) is 0 Å². The largest absolute Gasteiger partial charge is 0.461 e. The summed E-state index contributed by atoms with van der Waals surface area (Å²) in [5.41, 5.74) is 0.870. The molecule has 2 aliphatic rings. The predicted molar refractivity (Wildman–Crippen MR) is 127 cm³/mol. The van der Waals surface area contributed by atoms with E-state index in [4.69, 9.17) is 19.1 Å². The van der Waals surface area contributed by atoms with Gasteiger partial charge in [0.2, 0.25) is 5.91 Å². The molecule has 0 radical (unpaired) electrons. The topological polar surface area (TPSA) is 83.7 Å². The number of rotatable bonds is 10. The summed E-state index contributed by atoms with van der Waals surface area (Å²) in [6, 6.07) is 12.1. The van der Waals surface area contributed by atoms with Crippen molar-refractivity contribution in [3.05, 3.63) is 42.7 Å². The van der Waals surface area contributed by atoms with E-state index in [0.29, 0.717) is 30.6 Å². The number of aromatic nitrogens is 2. The van der Waals surface area contributed by atoms with E-state index < -0.39 is 0 Å². The molecule has 174 valence electrons. The van der Waals surface area contributed by atoms with Crippen LogP contribution in [0.4, 0.5) is 5.82 Å². The maximum absolute atomic E-state index is 12.5. The summed E-state index contributed by atoms with van der Waals surface area (Å²) in [6.45, 7) is 5.98. The maximum atomic E-state index is 12.5. The van der Waals surface area contributed by atoms with Gasteiger partial charge in [-0.3, -0.25) is 9.69 Å². The van der Waals surface area contributed by atoms with Gasteiger partial charge in [-0.05, 0) is 43.5 Å². The van der Waals surface area contributed by atoms with E-state index in [1.807, 2.05) is 30.3 Å². The van der Waals surface area contributed by atoms with Gasteiger partial charge < -0.3 is 19.4 Å². The average molecular weight is 450 g/mol. The molecule has 1 aliphatic carbocycles. The van der Waals surface area contributed by atoms with Gasteiger partial charge in [0.05, 0.1) is 25.0 Å². The number of para-hydroxylation sites is 1. The van der Waals surface area contributed by atoms with Gasteiger partial charge in [-0.15, -0.1) is 0 Å². The Labute approximate surface area is 193 Å². The van der Waals surface area contributed by atoms with Crippen LogP contribution in [0.25, 0.3) is 22.5 Å². The van der Waals surface area contributed by atoms with Crippen LogP contribution in [0.1, 0.15) is 25.7 Å². The maximum Gasteiger partial charge on any atom is 0.221 e. The van der Waals surface area contributed by atoms with E-state index in [1.54, 1.807) is 6.26 Å². The second-order valence-electron chi connectivity index (χ2n) is 8.75. The number of amides is 1. The zero-order valence-corrected chi connectivity index (χ0v) is 18.9. The van der Waals surface area contributed by atoms with E-state index in [-0.39, 0.29) is 5.91 Å². The van der Waals surface area contributed by atoms with Crippen molar-refractivity contribution in [3.8, 4) is 11.6 Å². The van der Waals surface area contributed by atoms with Crippen LogP contribution in [0.15, 0.2) is 47.1 Å². The molecular formula is C25H31N5O3. The smallest absolute Gasteiger partial charge is 0.221 e. The third-order valence-corrected chi connectivity index (χ3v) is 6.18. The number of hydrogen-bond donors (Lipinski definition) is 1. The number of benzene rings is 1. The van der Waals surface area contributed by atoms with Gasteiger partial charge in [-0.1, -0.05) is 12.1 Å². The molecule has 0 bridgehead atoms. The Bertz CT molecular complexity index is 1060. The monoisotopic (exact) mass is 449 g/mol. The molecule has 5 rings (SSSR count). The van der Waals surface area contributed by atoms with Crippen molar-refractivity contribution in [3.63, 3.8) is 0 Å². The molecule has 1 aliphatic heterocycles. The number of furan rings is 1. The van der Waals surface area contributed by atoms with Gasteiger partial charge in [0, 0.05) is 50.6 Å². The molecule has 1 saturated carbocycles. The quantitative estimate of drug-likeness (QED) is 0.509. The highest BCUT2D eigenvalue weighted by molar-refractivity contribution is 5.91. The fourth-order valence-corrected chi connectivity index (χ4v) is 4.21. The third-order valence-electron chi connectivity index (χ3n) is 6.18. The molecule has 0 unspecified atom stereocenters. The Hall–Kier alpha value is -2.97. The molecule has 0 atom stereocenters. The van der Waals surface area contributed by atoms with Crippen molar-refractivity contribution in [2.45, 2.75) is 31.7 Å². The minimum Gasteiger partial charge on any atom is -0.461 e. The van der Waals surface area contributed by atoms with E-state index in [2.05, 4.69) is 21.2 Å². The number of nitrogens with zero attached hydrogens (tertiary/aromatic N) is 4. The molecule has 0 spiro atoms. The molecule has 8 heteroatoms. The Kier molecular flexibility index (Phi) is 6.83. The zero-order valence-electron chi connectivity index (χ0n) is 18.9. The molecule has 8 nitrogen and oxygen atoms in total. The normalized spacial score (nSPS) is 16.7. The Balaban J connectivity index is 1.38. The summed E-state index contributed by atoms with van der Waals surface area (Å²) >= 11 is 0. The summed E-state index contributed by atoms with van der Waals surface area (Å²) < 4.78 is 11.1. The first kappa shape index (κ1) is 21.9. The highest BCUT2D eigenvalue weighted by Gasteiger charge is 2.24. The molecule has 3 heterocycles. The van der Waals surface area contributed by atoms with Crippen molar-refractivity contribution in [1.82, 2.24) is 20.2 Å². The summed E-state index contributed by atoms with van der Waals surface area (Å²) in [5.74, 6) is 2.17. The second kappa shape index (κ2) is 10.3. The van der Waals surface area contributed by atoms with Crippen LogP contribution in [0, 0.1) is 0 Å². The highest BCUT2D eigenvalue weighted by atomic mass is 16.5. The lowest BCUT2D eigenvalue weighted by atomic mass is 10.2. The summed E-state index contributed by atoms with van der Waals surface area (Å²) in [4.78, 5) is 26.8. The zero-order chi connectivity index (χ0) is 22.5. The van der Waals surface area contributed by atoms with Gasteiger partial charge >= 0.3 is 0 Å². The lowest BCUT2D eigenvalue weighted by molar-refractivity contribution is -0.121. The van der Waals surface area contributed by atoms with Crippen LogP contribution in [0.2, 0.25) is 0 Å². The molecule has 1 aromatic carbocycles. The first-order valence-corrected chi connectivity index (χ1v) is 11.9. The van der Waals surface area contributed by atoms with Crippen LogP contribution in [-0.2, 0) is 9.53 Å². The fraction of sp³-hybridized carbons (Fsp3) is 0.480. The van der Waals surface area contributed by atoms with Crippen LogP contribution >= 0.6 is 0 Å². The van der Waals surface area contributed by atoms with E-state index in [9.17, 15) is 4.79 Å². The van der Waals surface area contributed by atoms with E-state index in [1.165, 1.54) is 0 Å². The number of carbonyl (C=O) groups is 1. The molecule has 3 aromatic rings. The van der Waals surface area contributed by atoms with Gasteiger partial charge in [-0.2, -0.15) is 0 Å². The van der Waals surface area contributed by atoms with E-state index >= 15 is 0 Å². The number of nitrogens with one attached hydrogen (secondary N) is 1. The van der Waals surface area contributed by atoms with Crippen LogP contribution in [0.3, 0.4) is 0 Å². The van der Waals surface area contributed by atoms with E-state index in [0.717, 1.165) is 75.4 Å². The van der Waals surface area contributed by atoms with Crippen molar-refractivity contribution >= 4 is 22.6 Å². The molecular weight excluding hydrogens is 418 g/mol. The molecule has 2 fully saturated rings. The van der Waals surface area contributed by atoms with Gasteiger partial charge in [0.1, 0.15) is 5.82 Å². The highest BCUT2D eigenvalue weighted by Crippen LogP contribution is 2.28. The number of ether oxygens (including phenoxy) is 1. The molecule has 1 saturated heterocycles. The van der Waals surface area contributed by atoms with Gasteiger partial charge in [0.15, 0.2) is 11.6 Å². The molecule has 1 amide bonds. The average Bonchev–Trinajstić information content (AvgIpc) is 3.48. The van der Waals surface area contributed by atoms with Gasteiger partial charge in [0.25, 0.3) is 0 Å². The van der Waals surface area contributed by atoms with Gasteiger partial charge in [-0.25, -0.2) is 9.97 Å².